The van der Waals surface area contributed by atoms with Crippen molar-refractivity contribution in [3.8, 4) is 11.3 Å². The van der Waals surface area contributed by atoms with Crippen molar-refractivity contribution in [2.45, 2.75) is 13.5 Å². The van der Waals surface area contributed by atoms with Crippen LogP contribution in [-0.4, -0.2) is 15.2 Å². The van der Waals surface area contributed by atoms with Gasteiger partial charge in [0.1, 0.15) is 5.82 Å². The quantitative estimate of drug-likeness (QED) is 0.689. The number of nitrogens with one attached hydrogen (secondary N) is 3. The fourth-order valence-electron chi connectivity index (χ4n) is 1.96. The molecule has 21 heavy (non-hydrogen) atoms. The summed E-state index contributed by atoms with van der Waals surface area (Å²) in [6, 6.07) is 7.48. The molecule has 0 aliphatic rings. The maximum Gasteiger partial charge on any atom is 0.257 e. The number of nitrogens with zero attached hydrogens (tertiary/aromatic N) is 1. The molecule has 5 nitrogen and oxygen atoms in total. The molecule has 7 heteroatoms. The molecule has 108 valence electrons. The van der Waals surface area contributed by atoms with Crippen LogP contribution >= 0.6 is 22.9 Å². The number of hydrogen-bond donors (Lipinski definition) is 3. The van der Waals surface area contributed by atoms with Crippen LogP contribution in [0.4, 0.5) is 5.82 Å². The molecule has 0 bridgehead atoms. The van der Waals surface area contributed by atoms with Crippen LogP contribution < -0.4 is 10.9 Å². The van der Waals surface area contributed by atoms with Gasteiger partial charge < -0.3 is 10.3 Å². The Kier molecular flexibility index (Phi) is 3.81. The molecule has 0 saturated heterocycles. The number of rotatable bonds is 4. The van der Waals surface area contributed by atoms with Gasteiger partial charge in [-0.2, -0.15) is 5.10 Å². The average Bonchev–Trinajstić information content (AvgIpc) is 3.08. The third kappa shape index (κ3) is 3.17. The predicted molar refractivity (Wildman–Crippen MR) is 86.0 cm³/mol. The van der Waals surface area contributed by atoms with Gasteiger partial charge in [-0.1, -0.05) is 11.6 Å². The molecule has 0 spiro atoms. The molecule has 0 amide bonds. The van der Waals surface area contributed by atoms with Gasteiger partial charge >= 0.3 is 0 Å². The summed E-state index contributed by atoms with van der Waals surface area (Å²) in [6.07, 6.45) is 1.68. The zero-order valence-electron chi connectivity index (χ0n) is 11.2. The number of aromatic amines is 2. The summed E-state index contributed by atoms with van der Waals surface area (Å²) in [5.74, 6) is 0.760. The van der Waals surface area contributed by atoms with Gasteiger partial charge in [-0.3, -0.25) is 9.89 Å². The van der Waals surface area contributed by atoms with Gasteiger partial charge in [0.25, 0.3) is 5.56 Å². The molecule has 3 heterocycles. The van der Waals surface area contributed by atoms with Crippen molar-refractivity contribution in [2.24, 2.45) is 0 Å². The van der Waals surface area contributed by atoms with Crippen molar-refractivity contribution in [3.63, 3.8) is 0 Å². The molecule has 0 fully saturated rings. The van der Waals surface area contributed by atoms with Crippen LogP contribution in [0.25, 0.3) is 11.3 Å². The first kappa shape index (κ1) is 13.9. The maximum atomic E-state index is 11.8. The molecule has 0 aliphatic carbocycles. The highest BCUT2D eigenvalue weighted by Crippen LogP contribution is 2.23. The number of aryl methyl sites for hydroxylation is 1. The first-order valence-electron chi connectivity index (χ1n) is 6.35. The van der Waals surface area contributed by atoms with E-state index in [0.717, 1.165) is 20.6 Å². The summed E-state index contributed by atoms with van der Waals surface area (Å²) in [7, 11) is 0. The largest absolute Gasteiger partial charge is 0.366 e. The predicted octanol–water partition coefficient (Wildman–Crippen LogP) is 3.40. The number of hydrogen-bond acceptors (Lipinski definition) is 4. The van der Waals surface area contributed by atoms with E-state index in [0.29, 0.717) is 17.8 Å². The van der Waals surface area contributed by atoms with Gasteiger partial charge in [-0.05, 0) is 30.7 Å². The number of pyridine rings is 1. The molecule has 0 atom stereocenters. The zero-order chi connectivity index (χ0) is 14.8. The van der Waals surface area contributed by atoms with Crippen molar-refractivity contribution < 1.29 is 0 Å². The van der Waals surface area contributed by atoms with Crippen LogP contribution in [0.2, 0.25) is 4.34 Å². The molecular weight excluding hydrogens is 308 g/mol. The summed E-state index contributed by atoms with van der Waals surface area (Å²) in [5.41, 5.74) is 2.00. The molecule has 3 rings (SSSR count). The molecule has 3 N–H and O–H groups in total. The topological polar surface area (TPSA) is 73.6 Å². The standard InChI is InChI=1S/C14H13ClN4OS/c1-8-4-10(14(20)17-6-8)11-5-13(19-18-11)16-7-9-2-3-12(15)21-9/h2-6H,7H2,1H3,(H,17,20)(H2,16,18,19). The van der Waals surface area contributed by atoms with E-state index < -0.39 is 0 Å². The van der Waals surface area contributed by atoms with E-state index in [2.05, 4.69) is 20.5 Å². The lowest BCUT2D eigenvalue weighted by molar-refractivity contribution is 1.06. The fourth-order valence-corrected chi connectivity index (χ4v) is 2.99. The van der Waals surface area contributed by atoms with Gasteiger partial charge in [0, 0.05) is 17.1 Å². The Bertz CT molecular complexity index is 820. The number of aromatic nitrogens is 3. The van der Waals surface area contributed by atoms with Crippen LogP contribution in [0, 0.1) is 6.92 Å². The number of halogens is 1. The molecule has 0 aromatic carbocycles. The van der Waals surface area contributed by atoms with E-state index in [4.69, 9.17) is 11.6 Å². The zero-order valence-corrected chi connectivity index (χ0v) is 12.8. The minimum Gasteiger partial charge on any atom is -0.366 e. The summed E-state index contributed by atoms with van der Waals surface area (Å²) < 4.78 is 0.767. The van der Waals surface area contributed by atoms with Crippen LogP contribution in [0.1, 0.15) is 10.4 Å². The van der Waals surface area contributed by atoms with E-state index in [1.54, 1.807) is 6.20 Å². The molecule has 0 unspecified atom stereocenters. The Morgan fingerprint density at radius 2 is 2.24 bits per heavy atom. The van der Waals surface area contributed by atoms with Crippen molar-refractivity contribution in [3.05, 3.63) is 55.6 Å². The second kappa shape index (κ2) is 5.75. The third-order valence-electron chi connectivity index (χ3n) is 2.98. The van der Waals surface area contributed by atoms with Gasteiger partial charge in [0.05, 0.1) is 22.1 Å². The minimum atomic E-state index is -0.149. The van der Waals surface area contributed by atoms with Gasteiger partial charge in [-0.25, -0.2) is 0 Å². The van der Waals surface area contributed by atoms with Gasteiger partial charge in [-0.15, -0.1) is 11.3 Å². The Labute approximate surface area is 130 Å². The smallest absolute Gasteiger partial charge is 0.257 e. The van der Waals surface area contributed by atoms with Crippen LogP contribution in [0.5, 0.6) is 0 Å². The van der Waals surface area contributed by atoms with E-state index in [1.807, 2.05) is 31.2 Å². The normalized spacial score (nSPS) is 10.8. The van der Waals surface area contributed by atoms with Crippen molar-refractivity contribution in [2.75, 3.05) is 5.32 Å². The molecule has 0 saturated carbocycles. The van der Waals surface area contributed by atoms with E-state index in [-0.39, 0.29) is 5.56 Å². The van der Waals surface area contributed by atoms with Crippen molar-refractivity contribution in [1.29, 1.82) is 0 Å². The SMILES string of the molecule is Cc1c[nH]c(=O)c(-c2cc(NCc3ccc(Cl)s3)[nH]n2)c1. The highest BCUT2D eigenvalue weighted by Gasteiger charge is 2.08. The van der Waals surface area contributed by atoms with Crippen molar-refractivity contribution >= 4 is 28.8 Å². The average molecular weight is 321 g/mol. The Balaban J connectivity index is 1.77. The first-order valence-corrected chi connectivity index (χ1v) is 7.54. The van der Waals surface area contributed by atoms with Crippen LogP contribution in [0.3, 0.4) is 0 Å². The highest BCUT2D eigenvalue weighted by atomic mass is 35.5. The third-order valence-corrected chi connectivity index (χ3v) is 4.21. The fraction of sp³-hybridized carbons (Fsp3) is 0.143. The Morgan fingerprint density at radius 3 is 3.00 bits per heavy atom. The number of H-pyrrole nitrogens is 2. The lowest BCUT2D eigenvalue weighted by Gasteiger charge is -1.99. The summed E-state index contributed by atoms with van der Waals surface area (Å²) in [5, 5.41) is 10.3. The number of thiophene rings is 1. The van der Waals surface area contributed by atoms with E-state index in [1.165, 1.54) is 11.3 Å². The number of anilines is 1. The Hall–Kier alpha value is -2.05. The summed E-state index contributed by atoms with van der Waals surface area (Å²) in [6.45, 7) is 2.58. The van der Waals surface area contributed by atoms with Crippen LogP contribution in [-0.2, 0) is 6.54 Å². The molecule has 3 aromatic heterocycles. The molecule has 3 aromatic rings. The van der Waals surface area contributed by atoms with Crippen LogP contribution in [0.15, 0.2) is 35.3 Å². The van der Waals surface area contributed by atoms with Gasteiger partial charge in [0.15, 0.2) is 0 Å². The monoisotopic (exact) mass is 320 g/mol. The Morgan fingerprint density at radius 1 is 1.38 bits per heavy atom. The minimum absolute atomic E-state index is 0.149. The highest BCUT2D eigenvalue weighted by molar-refractivity contribution is 7.16. The molecule has 0 radical (unpaired) electrons. The summed E-state index contributed by atoms with van der Waals surface area (Å²) in [4.78, 5) is 15.6. The molecule has 0 aliphatic heterocycles. The lowest BCUT2D eigenvalue weighted by Crippen LogP contribution is -2.08. The second-order valence-corrected chi connectivity index (χ2v) is 6.45. The second-order valence-electron chi connectivity index (χ2n) is 4.65. The van der Waals surface area contributed by atoms with Crippen molar-refractivity contribution in [1.82, 2.24) is 15.2 Å². The van der Waals surface area contributed by atoms with Gasteiger partial charge in [0.2, 0.25) is 0 Å². The van der Waals surface area contributed by atoms with E-state index >= 15 is 0 Å². The first-order chi connectivity index (χ1) is 10.1. The maximum absolute atomic E-state index is 11.8. The van der Waals surface area contributed by atoms with E-state index in [9.17, 15) is 4.79 Å². The lowest BCUT2D eigenvalue weighted by atomic mass is 10.1. The summed E-state index contributed by atoms with van der Waals surface area (Å²) >= 11 is 7.42. The molecular formula is C14H13ClN4OS.